The maximum Gasteiger partial charge on any atom is 0.0730 e. The summed E-state index contributed by atoms with van der Waals surface area (Å²) in [7, 11) is 0. The Morgan fingerprint density at radius 2 is 1.52 bits per heavy atom. The molecule has 25 heavy (non-hydrogen) atoms. The molecule has 0 amide bonds. The lowest BCUT2D eigenvalue weighted by Gasteiger charge is -2.12. The highest BCUT2D eigenvalue weighted by Gasteiger charge is 2.07. The summed E-state index contributed by atoms with van der Waals surface area (Å²) in [5.74, 6) is 0. The molecule has 0 radical (unpaired) electrons. The van der Waals surface area contributed by atoms with Crippen LogP contribution < -0.4 is 5.32 Å². The van der Waals surface area contributed by atoms with Gasteiger partial charge in [-0.2, -0.15) is 0 Å². The zero-order chi connectivity index (χ0) is 16.4. The Labute approximate surface area is 154 Å². The fourth-order valence-electron chi connectivity index (χ4n) is 2.91. The zero-order valence-electron chi connectivity index (χ0n) is 13.9. The van der Waals surface area contributed by atoms with Gasteiger partial charge in [0.2, 0.25) is 0 Å². The maximum absolute atomic E-state index is 4.83. The molecule has 124 valence electrons. The summed E-state index contributed by atoms with van der Waals surface area (Å²) in [5, 5.41) is 4.68. The lowest BCUT2D eigenvalue weighted by Crippen LogP contribution is -1.95. The second-order valence-corrected chi connectivity index (χ2v) is 5.93. The summed E-state index contributed by atoms with van der Waals surface area (Å²) in [5.41, 5.74) is 6.49. The van der Waals surface area contributed by atoms with Crippen LogP contribution in [0.15, 0.2) is 84.9 Å². The molecule has 0 fully saturated rings. The number of fused-ring (bicyclic) bond motifs is 1. The van der Waals surface area contributed by atoms with Gasteiger partial charge in [-0.1, -0.05) is 60.7 Å². The van der Waals surface area contributed by atoms with E-state index in [1.54, 1.807) is 0 Å². The van der Waals surface area contributed by atoms with Gasteiger partial charge in [0.25, 0.3) is 0 Å². The summed E-state index contributed by atoms with van der Waals surface area (Å²) < 4.78 is 0. The average Bonchev–Trinajstić information content (AvgIpc) is 2.62. The van der Waals surface area contributed by atoms with E-state index in [0.29, 0.717) is 0 Å². The van der Waals surface area contributed by atoms with Crippen molar-refractivity contribution in [1.29, 1.82) is 0 Å². The summed E-state index contributed by atoms with van der Waals surface area (Å²) in [6.07, 6.45) is 0. The number of halogens is 1. The van der Waals surface area contributed by atoms with Gasteiger partial charge in [-0.05, 0) is 36.8 Å². The van der Waals surface area contributed by atoms with Gasteiger partial charge in [-0.25, -0.2) is 4.98 Å². The molecule has 3 heteroatoms. The van der Waals surface area contributed by atoms with Crippen molar-refractivity contribution < 1.29 is 0 Å². The molecule has 0 atom stereocenters. The first-order valence-corrected chi connectivity index (χ1v) is 8.08. The van der Waals surface area contributed by atoms with Gasteiger partial charge in [-0.15, -0.1) is 12.4 Å². The van der Waals surface area contributed by atoms with Crippen LogP contribution in [-0.2, 0) is 0 Å². The van der Waals surface area contributed by atoms with E-state index in [4.69, 9.17) is 4.98 Å². The summed E-state index contributed by atoms with van der Waals surface area (Å²) in [6.45, 7) is 2.10. The van der Waals surface area contributed by atoms with Gasteiger partial charge < -0.3 is 5.32 Å². The zero-order valence-corrected chi connectivity index (χ0v) is 14.8. The normalized spacial score (nSPS) is 10.3. The van der Waals surface area contributed by atoms with Crippen molar-refractivity contribution in [1.82, 2.24) is 4.98 Å². The van der Waals surface area contributed by atoms with Crippen LogP contribution in [0.4, 0.5) is 11.4 Å². The number of nitrogens with one attached hydrogen (secondary N) is 1. The smallest absolute Gasteiger partial charge is 0.0730 e. The molecule has 0 spiro atoms. The van der Waals surface area contributed by atoms with E-state index < -0.39 is 0 Å². The molecule has 0 aliphatic rings. The number of nitrogens with zero attached hydrogens (tertiary/aromatic N) is 1. The van der Waals surface area contributed by atoms with Crippen molar-refractivity contribution in [2.75, 3.05) is 5.32 Å². The Kier molecular flexibility index (Phi) is 5.01. The molecule has 2 nitrogen and oxygen atoms in total. The highest BCUT2D eigenvalue weighted by molar-refractivity contribution is 5.95. The van der Waals surface area contributed by atoms with Crippen molar-refractivity contribution in [3.05, 3.63) is 90.5 Å². The van der Waals surface area contributed by atoms with Crippen molar-refractivity contribution in [3.8, 4) is 11.3 Å². The van der Waals surface area contributed by atoms with Crippen LogP contribution in [-0.4, -0.2) is 4.98 Å². The predicted octanol–water partition coefficient (Wildman–Crippen LogP) is 6.38. The second-order valence-electron chi connectivity index (χ2n) is 5.93. The quantitative estimate of drug-likeness (QED) is 0.465. The molecule has 4 aromatic rings. The summed E-state index contributed by atoms with van der Waals surface area (Å²) in [4.78, 5) is 4.83. The Morgan fingerprint density at radius 1 is 0.760 bits per heavy atom. The van der Waals surface area contributed by atoms with Crippen LogP contribution >= 0.6 is 12.4 Å². The van der Waals surface area contributed by atoms with Crippen molar-refractivity contribution >= 4 is 34.7 Å². The topological polar surface area (TPSA) is 24.9 Å². The highest BCUT2D eigenvalue weighted by Crippen LogP contribution is 2.30. The standard InChI is InChI=1S/C22H18N2.ClH/c1-16-8-7-11-18(14-16)23-22-15-21(17-9-3-2-4-10-17)24-20-13-6-5-12-19(20)22;/h2-15H,1H3,(H,23,24);1H. The maximum atomic E-state index is 4.83. The first-order valence-electron chi connectivity index (χ1n) is 8.08. The number of benzene rings is 3. The summed E-state index contributed by atoms with van der Waals surface area (Å²) in [6, 6.07) is 29.1. The molecule has 0 unspecified atom stereocenters. The minimum Gasteiger partial charge on any atom is -0.355 e. The van der Waals surface area contributed by atoms with Crippen molar-refractivity contribution in [3.63, 3.8) is 0 Å². The first kappa shape index (κ1) is 17.0. The number of pyridine rings is 1. The third-order valence-electron chi connectivity index (χ3n) is 4.08. The number of hydrogen-bond donors (Lipinski definition) is 1. The third kappa shape index (κ3) is 3.65. The van der Waals surface area contributed by atoms with Gasteiger partial charge in [0, 0.05) is 16.6 Å². The fraction of sp³-hybridized carbons (Fsp3) is 0.0455. The van der Waals surface area contributed by atoms with Crippen LogP contribution in [0.2, 0.25) is 0 Å². The molecule has 0 saturated carbocycles. The largest absolute Gasteiger partial charge is 0.355 e. The Bertz CT molecular complexity index is 997. The molecule has 3 aromatic carbocycles. The number of aryl methyl sites for hydroxylation is 1. The molecule has 0 aliphatic carbocycles. The number of rotatable bonds is 3. The number of aromatic nitrogens is 1. The van der Waals surface area contributed by atoms with Crippen LogP contribution in [0.25, 0.3) is 22.2 Å². The molecular weight excluding hydrogens is 328 g/mol. The van der Waals surface area contributed by atoms with Gasteiger partial charge >= 0.3 is 0 Å². The predicted molar refractivity (Wildman–Crippen MR) is 109 cm³/mol. The van der Waals surface area contributed by atoms with E-state index in [9.17, 15) is 0 Å². The van der Waals surface area contributed by atoms with E-state index in [1.807, 2.05) is 30.3 Å². The van der Waals surface area contributed by atoms with E-state index in [2.05, 4.69) is 66.8 Å². The highest BCUT2D eigenvalue weighted by atomic mass is 35.5. The van der Waals surface area contributed by atoms with Gasteiger partial charge in [0.1, 0.15) is 0 Å². The molecule has 1 heterocycles. The lowest BCUT2D eigenvalue weighted by atomic mass is 10.1. The van der Waals surface area contributed by atoms with E-state index >= 15 is 0 Å². The number of hydrogen-bond acceptors (Lipinski definition) is 2. The van der Waals surface area contributed by atoms with E-state index in [-0.39, 0.29) is 12.4 Å². The Balaban J connectivity index is 0.00000182. The second kappa shape index (κ2) is 7.37. The van der Waals surface area contributed by atoms with Crippen molar-refractivity contribution in [2.45, 2.75) is 6.92 Å². The van der Waals surface area contributed by atoms with Gasteiger partial charge in [0.15, 0.2) is 0 Å². The molecule has 0 bridgehead atoms. The average molecular weight is 347 g/mol. The molecule has 1 N–H and O–H groups in total. The number of para-hydroxylation sites is 1. The third-order valence-corrected chi connectivity index (χ3v) is 4.08. The lowest BCUT2D eigenvalue weighted by molar-refractivity contribution is 1.39. The van der Waals surface area contributed by atoms with E-state index in [1.165, 1.54) is 5.56 Å². The minimum atomic E-state index is 0. The number of anilines is 2. The van der Waals surface area contributed by atoms with Gasteiger partial charge in [-0.3, -0.25) is 0 Å². The fourth-order valence-corrected chi connectivity index (χ4v) is 2.91. The SMILES string of the molecule is Cc1cccc(Nc2cc(-c3ccccc3)nc3ccccc23)c1.Cl. The van der Waals surface area contributed by atoms with Crippen LogP contribution in [0.5, 0.6) is 0 Å². The van der Waals surface area contributed by atoms with E-state index in [0.717, 1.165) is 33.5 Å². The Morgan fingerprint density at radius 3 is 2.32 bits per heavy atom. The van der Waals surface area contributed by atoms with Crippen LogP contribution in [0, 0.1) is 6.92 Å². The molecule has 4 rings (SSSR count). The minimum absolute atomic E-state index is 0. The van der Waals surface area contributed by atoms with Gasteiger partial charge in [0.05, 0.1) is 16.9 Å². The first-order chi connectivity index (χ1) is 11.8. The monoisotopic (exact) mass is 346 g/mol. The molecule has 0 aliphatic heterocycles. The Hall–Kier alpha value is -2.84. The summed E-state index contributed by atoms with van der Waals surface area (Å²) >= 11 is 0. The molecular formula is C22H19ClN2. The van der Waals surface area contributed by atoms with Crippen LogP contribution in [0.1, 0.15) is 5.56 Å². The molecule has 0 saturated heterocycles. The van der Waals surface area contributed by atoms with Crippen LogP contribution in [0.3, 0.4) is 0 Å². The molecule has 1 aromatic heterocycles. The van der Waals surface area contributed by atoms with Crippen molar-refractivity contribution in [2.24, 2.45) is 0 Å².